The molecule has 5 nitrogen and oxygen atoms in total. The molecule has 4 rings (SSSR count). The van der Waals surface area contributed by atoms with Crippen molar-refractivity contribution in [1.29, 1.82) is 0 Å². The third kappa shape index (κ3) is 2.90. The number of carbonyl (C=O) groups is 1. The molecule has 0 spiro atoms. The third-order valence-corrected chi connectivity index (χ3v) is 5.92. The molecule has 1 saturated carbocycles. The normalized spacial score (nSPS) is 25.5. The number of ether oxygens (including phenoxy) is 1. The average Bonchev–Trinajstić information content (AvgIpc) is 3.02. The molecule has 2 fully saturated rings. The number of fused-ring (bicyclic) bond motifs is 1. The summed E-state index contributed by atoms with van der Waals surface area (Å²) in [4.78, 5) is 18.8. The molecule has 1 unspecified atom stereocenters. The van der Waals surface area contributed by atoms with Gasteiger partial charge in [0.2, 0.25) is 0 Å². The van der Waals surface area contributed by atoms with Gasteiger partial charge in [-0.2, -0.15) is 0 Å². The topological polar surface area (TPSA) is 54.5 Å². The number of rotatable bonds is 4. The summed E-state index contributed by atoms with van der Waals surface area (Å²) in [5, 5.41) is 2.85. The van der Waals surface area contributed by atoms with Crippen molar-refractivity contribution in [1.82, 2.24) is 10.3 Å². The molecular formula is C19H27N3O2. The molecule has 3 heterocycles. The van der Waals surface area contributed by atoms with Crippen LogP contribution in [0.4, 0.5) is 5.82 Å². The first-order valence-corrected chi connectivity index (χ1v) is 9.09. The maximum absolute atomic E-state index is 11.7. The van der Waals surface area contributed by atoms with Crippen LogP contribution in [0.2, 0.25) is 0 Å². The number of hydrogen-bond donors (Lipinski definition) is 1. The molecule has 1 amide bonds. The van der Waals surface area contributed by atoms with E-state index in [-0.39, 0.29) is 5.91 Å². The molecule has 0 bridgehead atoms. The summed E-state index contributed by atoms with van der Waals surface area (Å²) < 4.78 is 6.14. The van der Waals surface area contributed by atoms with Crippen molar-refractivity contribution in [3.8, 4) is 0 Å². The molecule has 130 valence electrons. The quantitative estimate of drug-likeness (QED) is 0.923. The number of nitrogens with zero attached hydrogens (tertiary/aromatic N) is 2. The second-order valence-electron chi connectivity index (χ2n) is 8.22. The second kappa shape index (κ2) is 5.73. The number of nitrogens with one attached hydrogen (secondary N) is 1. The van der Waals surface area contributed by atoms with E-state index in [1.807, 2.05) is 13.0 Å². The lowest BCUT2D eigenvalue weighted by atomic mass is 10.1. The Hall–Kier alpha value is -1.62. The van der Waals surface area contributed by atoms with Gasteiger partial charge in [-0.1, -0.05) is 13.8 Å². The van der Waals surface area contributed by atoms with Crippen LogP contribution in [0.15, 0.2) is 6.07 Å². The van der Waals surface area contributed by atoms with Crippen molar-refractivity contribution < 1.29 is 9.53 Å². The molecule has 1 N–H and O–H groups in total. The zero-order valence-electron chi connectivity index (χ0n) is 14.9. The minimum atomic E-state index is 0.00209. The van der Waals surface area contributed by atoms with Crippen LogP contribution in [0.25, 0.3) is 0 Å². The predicted molar refractivity (Wildman–Crippen MR) is 93.2 cm³/mol. The van der Waals surface area contributed by atoms with Gasteiger partial charge < -0.3 is 15.0 Å². The van der Waals surface area contributed by atoms with Crippen molar-refractivity contribution >= 4 is 11.7 Å². The Labute approximate surface area is 143 Å². The number of amides is 1. The van der Waals surface area contributed by atoms with Crippen LogP contribution >= 0.6 is 0 Å². The van der Waals surface area contributed by atoms with Gasteiger partial charge in [-0.3, -0.25) is 4.79 Å². The minimum absolute atomic E-state index is 0.00209. The first-order chi connectivity index (χ1) is 11.4. The van der Waals surface area contributed by atoms with Gasteiger partial charge in [0.05, 0.1) is 30.5 Å². The van der Waals surface area contributed by atoms with Gasteiger partial charge in [-0.25, -0.2) is 4.98 Å². The smallest absolute Gasteiger partial charge is 0.253 e. The Kier molecular flexibility index (Phi) is 3.79. The van der Waals surface area contributed by atoms with Crippen LogP contribution in [-0.4, -0.2) is 36.7 Å². The zero-order valence-corrected chi connectivity index (χ0v) is 14.9. The fourth-order valence-corrected chi connectivity index (χ4v) is 3.90. The highest BCUT2D eigenvalue weighted by Gasteiger charge is 2.45. The largest absolute Gasteiger partial charge is 0.378 e. The lowest BCUT2D eigenvalue weighted by molar-refractivity contribution is 0.0259. The summed E-state index contributed by atoms with van der Waals surface area (Å²) in [6, 6.07) is 1.98. The maximum Gasteiger partial charge on any atom is 0.253 e. The third-order valence-electron chi connectivity index (χ3n) is 5.92. The van der Waals surface area contributed by atoms with Crippen LogP contribution in [0.5, 0.6) is 0 Å². The summed E-state index contributed by atoms with van der Waals surface area (Å²) in [6.07, 6.45) is 3.80. The van der Waals surface area contributed by atoms with Crippen molar-refractivity contribution in [2.75, 3.05) is 24.6 Å². The van der Waals surface area contributed by atoms with E-state index in [2.05, 4.69) is 24.1 Å². The zero-order chi connectivity index (χ0) is 16.9. The standard InChI is InChI=1S/C19H27N3O2/c1-12-8-15-16(10-20-18(15)23)21-17(12)22-6-4-14(5-7-22)24-11-13-9-19(13,2)3/h8,13-14H,4-7,9-11H2,1-3H3,(H,20,23). The van der Waals surface area contributed by atoms with Crippen LogP contribution in [-0.2, 0) is 11.3 Å². The van der Waals surface area contributed by atoms with Crippen molar-refractivity contribution in [3.63, 3.8) is 0 Å². The van der Waals surface area contributed by atoms with E-state index in [1.165, 1.54) is 6.42 Å². The number of carbonyl (C=O) groups excluding carboxylic acids is 1. The number of anilines is 1. The molecule has 5 heteroatoms. The van der Waals surface area contributed by atoms with E-state index in [1.54, 1.807) is 0 Å². The SMILES string of the molecule is Cc1cc2c(nc1N1CCC(OCC3CC3(C)C)CC1)CNC2=O. The lowest BCUT2D eigenvalue weighted by Gasteiger charge is -2.33. The molecule has 1 aliphatic carbocycles. The molecule has 24 heavy (non-hydrogen) atoms. The molecular weight excluding hydrogens is 302 g/mol. The Morgan fingerprint density at radius 1 is 1.38 bits per heavy atom. The molecule has 1 atom stereocenters. The highest BCUT2D eigenvalue weighted by molar-refractivity contribution is 5.98. The maximum atomic E-state index is 11.7. The summed E-state index contributed by atoms with van der Waals surface area (Å²) in [5.74, 6) is 1.79. The van der Waals surface area contributed by atoms with Crippen LogP contribution in [0, 0.1) is 18.3 Å². The van der Waals surface area contributed by atoms with Crippen molar-refractivity contribution in [2.24, 2.45) is 11.3 Å². The van der Waals surface area contributed by atoms with Gasteiger partial charge in [0.1, 0.15) is 5.82 Å². The number of aryl methyl sites for hydroxylation is 1. The molecule has 0 radical (unpaired) electrons. The van der Waals surface area contributed by atoms with Crippen LogP contribution < -0.4 is 10.2 Å². The number of piperidine rings is 1. The second-order valence-corrected chi connectivity index (χ2v) is 8.22. The molecule has 1 aromatic heterocycles. The first-order valence-electron chi connectivity index (χ1n) is 9.09. The highest BCUT2D eigenvalue weighted by atomic mass is 16.5. The monoisotopic (exact) mass is 329 g/mol. The minimum Gasteiger partial charge on any atom is -0.378 e. The Bertz CT molecular complexity index is 663. The van der Waals surface area contributed by atoms with E-state index in [0.717, 1.165) is 61.1 Å². The van der Waals surface area contributed by atoms with Gasteiger partial charge in [-0.05, 0) is 49.1 Å². The van der Waals surface area contributed by atoms with E-state index in [9.17, 15) is 4.79 Å². The van der Waals surface area contributed by atoms with E-state index in [4.69, 9.17) is 9.72 Å². The molecule has 3 aliphatic rings. The van der Waals surface area contributed by atoms with E-state index >= 15 is 0 Å². The molecule has 2 aliphatic heterocycles. The Morgan fingerprint density at radius 2 is 2.08 bits per heavy atom. The molecule has 1 saturated heterocycles. The Morgan fingerprint density at radius 3 is 2.75 bits per heavy atom. The van der Waals surface area contributed by atoms with Crippen molar-refractivity contribution in [3.05, 3.63) is 22.9 Å². The predicted octanol–water partition coefficient (Wildman–Crippen LogP) is 2.66. The van der Waals surface area contributed by atoms with Gasteiger partial charge in [0, 0.05) is 13.1 Å². The number of hydrogen-bond acceptors (Lipinski definition) is 4. The molecule has 1 aromatic rings. The van der Waals surface area contributed by atoms with E-state index in [0.29, 0.717) is 18.1 Å². The van der Waals surface area contributed by atoms with Crippen LogP contribution in [0.1, 0.15) is 54.7 Å². The molecule has 0 aromatic carbocycles. The lowest BCUT2D eigenvalue weighted by Crippen LogP contribution is -2.38. The Balaban J connectivity index is 1.35. The van der Waals surface area contributed by atoms with Crippen LogP contribution in [0.3, 0.4) is 0 Å². The number of aromatic nitrogens is 1. The fourth-order valence-electron chi connectivity index (χ4n) is 3.90. The highest BCUT2D eigenvalue weighted by Crippen LogP contribution is 2.51. The summed E-state index contributed by atoms with van der Waals surface area (Å²) >= 11 is 0. The van der Waals surface area contributed by atoms with E-state index < -0.39 is 0 Å². The van der Waals surface area contributed by atoms with Gasteiger partial charge >= 0.3 is 0 Å². The first kappa shape index (κ1) is 15.9. The summed E-state index contributed by atoms with van der Waals surface area (Å²) in [7, 11) is 0. The summed E-state index contributed by atoms with van der Waals surface area (Å²) in [5.41, 5.74) is 3.21. The fraction of sp³-hybridized carbons (Fsp3) is 0.684. The van der Waals surface area contributed by atoms with Crippen molar-refractivity contribution in [2.45, 2.75) is 52.7 Å². The van der Waals surface area contributed by atoms with Gasteiger partial charge in [-0.15, -0.1) is 0 Å². The summed E-state index contributed by atoms with van der Waals surface area (Å²) in [6.45, 7) is 10.1. The number of pyridine rings is 1. The van der Waals surface area contributed by atoms with Gasteiger partial charge in [0.25, 0.3) is 5.91 Å². The average molecular weight is 329 g/mol. The van der Waals surface area contributed by atoms with Gasteiger partial charge in [0.15, 0.2) is 0 Å².